The lowest BCUT2D eigenvalue weighted by molar-refractivity contribution is 0.0160. The van der Waals surface area contributed by atoms with E-state index in [0.29, 0.717) is 6.54 Å². The summed E-state index contributed by atoms with van der Waals surface area (Å²) in [7, 11) is 1.81. The highest BCUT2D eigenvalue weighted by atomic mass is 79.9. The van der Waals surface area contributed by atoms with E-state index in [1.54, 1.807) is 11.9 Å². The van der Waals surface area contributed by atoms with Crippen molar-refractivity contribution in [3.05, 3.63) is 29.3 Å². The molecule has 2 aliphatic rings. The summed E-state index contributed by atoms with van der Waals surface area (Å²) in [6.45, 7) is 1.51. The second-order valence-electron chi connectivity index (χ2n) is 5.51. The number of rotatable bonds is 2. The molecule has 1 aromatic carbocycles. The number of carbonyl (C=O) groups excluding carboxylic acids is 1. The summed E-state index contributed by atoms with van der Waals surface area (Å²) in [5, 5.41) is 2.90. The second kappa shape index (κ2) is 5.74. The molecule has 2 amide bonds. The Kier molecular flexibility index (Phi) is 3.98. The predicted octanol–water partition coefficient (Wildman–Crippen LogP) is 3.67. The summed E-state index contributed by atoms with van der Waals surface area (Å²) in [5.41, 5.74) is 3.30. The molecule has 0 aliphatic carbocycles. The number of amides is 2. The Morgan fingerprint density at radius 1 is 1.45 bits per heavy atom. The molecule has 108 valence electrons. The van der Waals surface area contributed by atoms with Gasteiger partial charge in [0.05, 0.1) is 10.9 Å². The maximum absolute atomic E-state index is 11.6. The van der Waals surface area contributed by atoms with Gasteiger partial charge in [0.25, 0.3) is 0 Å². The van der Waals surface area contributed by atoms with E-state index in [4.69, 9.17) is 4.74 Å². The van der Waals surface area contributed by atoms with Crippen LogP contribution in [-0.2, 0) is 11.3 Å². The van der Waals surface area contributed by atoms with Gasteiger partial charge in [0.15, 0.2) is 0 Å². The van der Waals surface area contributed by atoms with Crippen molar-refractivity contribution in [1.82, 2.24) is 4.90 Å². The first-order chi connectivity index (χ1) is 9.65. The highest BCUT2D eigenvalue weighted by Crippen LogP contribution is 2.35. The number of anilines is 1. The number of benzene rings is 1. The van der Waals surface area contributed by atoms with E-state index >= 15 is 0 Å². The average molecular weight is 339 g/mol. The lowest BCUT2D eigenvalue weighted by Crippen LogP contribution is -2.35. The largest absolute Gasteiger partial charge is 0.377 e. The molecule has 3 rings (SSSR count). The number of ether oxygens (including phenoxy) is 1. The maximum atomic E-state index is 11.6. The number of nitrogens with one attached hydrogen (secondary N) is 1. The number of hydrogen-bond acceptors (Lipinski definition) is 2. The van der Waals surface area contributed by atoms with Gasteiger partial charge in [-0.15, -0.1) is 0 Å². The standard InChI is InChI=1S/C15H19BrN2O2/c1-18-9-11-8-10(5-6-12(11)17-15(18)19)14(16)13-4-2-3-7-20-13/h5-6,8,13-14H,2-4,7,9H2,1H3,(H,17,19). The fourth-order valence-corrected chi connectivity index (χ4v) is 3.49. The van der Waals surface area contributed by atoms with Gasteiger partial charge < -0.3 is 15.0 Å². The minimum Gasteiger partial charge on any atom is -0.377 e. The molecule has 20 heavy (non-hydrogen) atoms. The topological polar surface area (TPSA) is 41.6 Å². The Labute approximate surface area is 127 Å². The fourth-order valence-electron chi connectivity index (χ4n) is 2.79. The van der Waals surface area contributed by atoms with E-state index in [0.717, 1.165) is 30.7 Å². The summed E-state index contributed by atoms with van der Waals surface area (Å²) >= 11 is 3.78. The Morgan fingerprint density at radius 2 is 2.30 bits per heavy atom. The van der Waals surface area contributed by atoms with Gasteiger partial charge >= 0.3 is 6.03 Å². The zero-order valence-corrected chi connectivity index (χ0v) is 13.1. The van der Waals surface area contributed by atoms with Crippen LogP contribution >= 0.6 is 15.9 Å². The van der Waals surface area contributed by atoms with Crippen LogP contribution in [0.1, 0.15) is 35.2 Å². The highest BCUT2D eigenvalue weighted by molar-refractivity contribution is 9.09. The molecule has 0 saturated carbocycles. The van der Waals surface area contributed by atoms with E-state index < -0.39 is 0 Å². The van der Waals surface area contributed by atoms with Crippen LogP contribution in [0.3, 0.4) is 0 Å². The smallest absolute Gasteiger partial charge is 0.321 e. The van der Waals surface area contributed by atoms with Crippen LogP contribution in [0, 0.1) is 0 Å². The van der Waals surface area contributed by atoms with E-state index in [1.807, 2.05) is 6.07 Å². The third kappa shape index (κ3) is 2.69. The first kappa shape index (κ1) is 13.9. The molecule has 2 unspecified atom stereocenters. The van der Waals surface area contributed by atoms with Crippen molar-refractivity contribution < 1.29 is 9.53 Å². The van der Waals surface area contributed by atoms with Crippen LogP contribution in [-0.4, -0.2) is 30.7 Å². The zero-order valence-electron chi connectivity index (χ0n) is 11.6. The number of carbonyl (C=O) groups is 1. The average Bonchev–Trinajstić information content (AvgIpc) is 2.48. The number of urea groups is 1. The van der Waals surface area contributed by atoms with Gasteiger partial charge in [0, 0.05) is 25.9 Å². The summed E-state index contributed by atoms with van der Waals surface area (Å²) in [6.07, 6.45) is 3.75. The Hall–Kier alpha value is -1.07. The van der Waals surface area contributed by atoms with Crippen LogP contribution in [0.4, 0.5) is 10.5 Å². The fraction of sp³-hybridized carbons (Fsp3) is 0.533. The van der Waals surface area contributed by atoms with Crippen molar-refractivity contribution >= 4 is 27.6 Å². The third-order valence-electron chi connectivity index (χ3n) is 3.98. The molecule has 5 heteroatoms. The number of hydrogen-bond donors (Lipinski definition) is 1. The van der Waals surface area contributed by atoms with E-state index in [2.05, 4.69) is 33.4 Å². The van der Waals surface area contributed by atoms with Gasteiger partial charge in [-0.05, 0) is 36.5 Å². The molecule has 1 aromatic rings. The summed E-state index contributed by atoms with van der Waals surface area (Å²) in [6, 6.07) is 6.19. The van der Waals surface area contributed by atoms with Crippen molar-refractivity contribution in [2.45, 2.75) is 36.7 Å². The first-order valence-corrected chi connectivity index (χ1v) is 7.97. The normalized spacial score (nSPS) is 24.0. The lowest BCUT2D eigenvalue weighted by Gasteiger charge is -2.29. The number of nitrogens with zero attached hydrogens (tertiary/aromatic N) is 1. The lowest BCUT2D eigenvalue weighted by atomic mass is 9.98. The van der Waals surface area contributed by atoms with Gasteiger partial charge in [0.1, 0.15) is 0 Å². The summed E-state index contributed by atoms with van der Waals surface area (Å²) < 4.78 is 5.85. The van der Waals surface area contributed by atoms with Crippen molar-refractivity contribution in [1.29, 1.82) is 0 Å². The number of halogens is 1. The molecule has 1 N–H and O–H groups in total. The van der Waals surface area contributed by atoms with Crippen LogP contribution in [0.25, 0.3) is 0 Å². The first-order valence-electron chi connectivity index (χ1n) is 7.06. The van der Waals surface area contributed by atoms with Crippen molar-refractivity contribution in [2.24, 2.45) is 0 Å². The minimum atomic E-state index is -0.0451. The highest BCUT2D eigenvalue weighted by Gasteiger charge is 2.26. The Morgan fingerprint density at radius 3 is 3.05 bits per heavy atom. The zero-order chi connectivity index (χ0) is 14.1. The maximum Gasteiger partial charge on any atom is 0.321 e. The molecular formula is C15H19BrN2O2. The predicted molar refractivity (Wildman–Crippen MR) is 82.2 cm³/mol. The van der Waals surface area contributed by atoms with E-state index in [1.165, 1.54) is 12.0 Å². The van der Waals surface area contributed by atoms with Crippen LogP contribution in [0.2, 0.25) is 0 Å². The molecule has 4 nitrogen and oxygen atoms in total. The molecule has 2 aliphatic heterocycles. The van der Waals surface area contributed by atoms with Gasteiger partial charge in [0.2, 0.25) is 0 Å². The third-order valence-corrected chi connectivity index (χ3v) is 5.10. The molecule has 0 bridgehead atoms. The Bertz CT molecular complexity index is 515. The molecule has 1 saturated heterocycles. The SMILES string of the molecule is CN1Cc2cc(C(Br)C3CCCCO3)ccc2NC1=O. The second-order valence-corrected chi connectivity index (χ2v) is 6.50. The molecule has 2 heterocycles. The molecule has 0 spiro atoms. The summed E-state index contributed by atoms with van der Waals surface area (Å²) in [4.78, 5) is 13.5. The molecular weight excluding hydrogens is 320 g/mol. The van der Waals surface area contributed by atoms with Gasteiger partial charge in [-0.3, -0.25) is 0 Å². The monoisotopic (exact) mass is 338 g/mol. The van der Waals surface area contributed by atoms with Crippen LogP contribution in [0.15, 0.2) is 18.2 Å². The number of fused-ring (bicyclic) bond motifs is 1. The van der Waals surface area contributed by atoms with Crippen LogP contribution < -0.4 is 5.32 Å². The minimum absolute atomic E-state index is 0.0451. The van der Waals surface area contributed by atoms with Crippen LogP contribution in [0.5, 0.6) is 0 Å². The Balaban J connectivity index is 1.81. The molecule has 0 aromatic heterocycles. The van der Waals surface area contributed by atoms with E-state index in [-0.39, 0.29) is 17.0 Å². The van der Waals surface area contributed by atoms with Crippen molar-refractivity contribution in [3.63, 3.8) is 0 Å². The molecule has 2 atom stereocenters. The van der Waals surface area contributed by atoms with Gasteiger partial charge in [-0.2, -0.15) is 0 Å². The molecule has 1 fully saturated rings. The van der Waals surface area contributed by atoms with E-state index in [9.17, 15) is 4.79 Å². The molecule has 0 radical (unpaired) electrons. The number of alkyl halides is 1. The summed E-state index contributed by atoms with van der Waals surface area (Å²) in [5.74, 6) is 0. The van der Waals surface area contributed by atoms with Gasteiger partial charge in [-0.25, -0.2) is 4.79 Å². The van der Waals surface area contributed by atoms with Gasteiger partial charge in [-0.1, -0.05) is 28.1 Å². The van der Waals surface area contributed by atoms with Crippen molar-refractivity contribution in [3.8, 4) is 0 Å². The van der Waals surface area contributed by atoms with Crippen molar-refractivity contribution in [2.75, 3.05) is 19.0 Å². The quantitative estimate of drug-likeness (QED) is 0.836.